The fourth-order valence-electron chi connectivity index (χ4n) is 1.92. The molecule has 0 aliphatic carbocycles. The summed E-state index contributed by atoms with van der Waals surface area (Å²) < 4.78 is 11.1. The highest BCUT2D eigenvalue weighted by Gasteiger charge is 2.13. The van der Waals surface area contributed by atoms with Gasteiger partial charge in [-0.25, -0.2) is 0 Å². The number of rotatable bonds is 11. The van der Waals surface area contributed by atoms with Crippen molar-refractivity contribution in [1.29, 1.82) is 0 Å². The monoisotopic (exact) mass is 493 g/mol. The van der Waals surface area contributed by atoms with Gasteiger partial charge in [0.25, 0.3) is 0 Å². The normalized spacial score (nSPS) is 11.2. The average Bonchev–Trinajstić information content (AvgIpc) is 3.12. The van der Waals surface area contributed by atoms with Gasteiger partial charge in [-0.2, -0.15) is 0 Å². The third kappa shape index (κ3) is 6.77. The lowest BCUT2D eigenvalue weighted by Gasteiger charge is -2.18. The molecule has 2 N–H and O–H groups in total. The third-order valence-electron chi connectivity index (χ3n) is 3.07. The molecule has 0 amide bonds. The zero-order valence-electron chi connectivity index (χ0n) is 13.3. The second-order valence-corrected chi connectivity index (χ2v) is 7.92. The number of alkyl halides is 2. The van der Waals surface area contributed by atoms with E-state index >= 15 is 0 Å². The Hall–Kier alpha value is -0.830. The SMILES string of the molecule is O=[N+]([O-])c1ccc(-c2ccc(COP(NCCBr)NCCBr)cc2)o1. The Balaban J connectivity index is 1.92. The number of nitrogens with zero attached hydrogens (tertiary/aromatic N) is 1. The summed E-state index contributed by atoms with van der Waals surface area (Å²) >= 11 is 6.77. The first-order valence-corrected chi connectivity index (χ1v) is 11.0. The van der Waals surface area contributed by atoms with Crippen molar-refractivity contribution in [3.8, 4) is 11.3 Å². The number of nitro groups is 1. The topological polar surface area (TPSA) is 89.6 Å². The van der Waals surface area contributed by atoms with E-state index in [9.17, 15) is 10.1 Å². The van der Waals surface area contributed by atoms with Crippen LogP contribution in [0.4, 0.5) is 5.88 Å². The summed E-state index contributed by atoms with van der Waals surface area (Å²) in [5.41, 5.74) is 1.80. The van der Waals surface area contributed by atoms with Gasteiger partial charge in [0.05, 0.1) is 12.7 Å². The predicted molar refractivity (Wildman–Crippen MR) is 106 cm³/mol. The first kappa shape index (κ1) is 20.5. The van der Waals surface area contributed by atoms with E-state index in [0.717, 1.165) is 34.9 Å². The molecule has 2 rings (SSSR count). The maximum Gasteiger partial charge on any atom is 0.433 e. The molecule has 136 valence electrons. The number of hydrogen-bond donors (Lipinski definition) is 2. The average molecular weight is 495 g/mol. The molecule has 25 heavy (non-hydrogen) atoms. The zero-order chi connectivity index (χ0) is 18.1. The maximum absolute atomic E-state index is 10.7. The van der Waals surface area contributed by atoms with Crippen molar-refractivity contribution in [3.63, 3.8) is 0 Å². The van der Waals surface area contributed by atoms with Gasteiger partial charge < -0.3 is 8.94 Å². The highest BCUT2D eigenvalue weighted by atomic mass is 79.9. The van der Waals surface area contributed by atoms with E-state index in [2.05, 4.69) is 42.0 Å². The molecule has 0 bridgehead atoms. The number of hydrogen-bond acceptors (Lipinski definition) is 6. The molecule has 0 saturated heterocycles. The van der Waals surface area contributed by atoms with Gasteiger partial charge in [-0.1, -0.05) is 56.1 Å². The van der Waals surface area contributed by atoms with Crippen molar-refractivity contribution in [2.24, 2.45) is 0 Å². The van der Waals surface area contributed by atoms with Crippen LogP contribution >= 0.6 is 40.3 Å². The molecule has 0 unspecified atom stereocenters. The Morgan fingerprint density at radius 2 is 1.72 bits per heavy atom. The molecule has 1 heterocycles. The molecule has 0 aliphatic rings. The minimum Gasteiger partial charge on any atom is -0.401 e. The third-order valence-corrected chi connectivity index (χ3v) is 5.27. The largest absolute Gasteiger partial charge is 0.433 e. The fourth-order valence-corrected chi connectivity index (χ4v) is 4.13. The van der Waals surface area contributed by atoms with Gasteiger partial charge in [0.15, 0.2) is 8.45 Å². The van der Waals surface area contributed by atoms with Crippen LogP contribution in [-0.4, -0.2) is 28.7 Å². The molecule has 0 fully saturated rings. The summed E-state index contributed by atoms with van der Waals surface area (Å²) in [4.78, 5) is 10.1. The molecule has 7 nitrogen and oxygen atoms in total. The van der Waals surface area contributed by atoms with Gasteiger partial charge in [0, 0.05) is 29.3 Å². The predicted octanol–water partition coefficient (Wildman–Crippen LogP) is 4.57. The Morgan fingerprint density at radius 1 is 1.08 bits per heavy atom. The summed E-state index contributed by atoms with van der Waals surface area (Å²) in [5.74, 6) is 0.211. The maximum atomic E-state index is 10.7. The minimum atomic E-state index is -0.905. The smallest absolute Gasteiger partial charge is 0.401 e. The Kier molecular flexibility index (Phi) is 9.02. The minimum absolute atomic E-state index is 0.260. The van der Waals surface area contributed by atoms with E-state index in [4.69, 9.17) is 8.94 Å². The number of furan rings is 1. The van der Waals surface area contributed by atoms with Crippen LogP contribution in [0.15, 0.2) is 40.8 Å². The van der Waals surface area contributed by atoms with Crippen LogP contribution in [0, 0.1) is 10.1 Å². The highest BCUT2D eigenvalue weighted by molar-refractivity contribution is 9.09. The molecule has 0 aliphatic heterocycles. The summed E-state index contributed by atoms with van der Waals surface area (Å²) in [6.45, 7) is 2.10. The first-order valence-electron chi connectivity index (χ1n) is 7.49. The highest BCUT2D eigenvalue weighted by Crippen LogP contribution is 2.29. The van der Waals surface area contributed by atoms with Crippen molar-refractivity contribution in [1.82, 2.24) is 10.2 Å². The van der Waals surface area contributed by atoms with E-state index in [1.807, 2.05) is 24.3 Å². The number of benzene rings is 1. The quantitative estimate of drug-likeness (QED) is 0.206. The molecule has 1 aromatic carbocycles. The van der Waals surface area contributed by atoms with Gasteiger partial charge in [0.1, 0.15) is 10.7 Å². The summed E-state index contributed by atoms with van der Waals surface area (Å²) in [6, 6.07) is 10.5. The molecule has 0 spiro atoms. The summed E-state index contributed by atoms with van der Waals surface area (Å²) in [6.07, 6.45) is 0. The van der Waals surface area contributed by atoms with E-state index in [0.29, 0.717) is 12.4 Å². The van der Waals surface area contributed by atoms with Crippen LogP contribution in [0.5, 0.6) is 0 Å². The van der Waals surface area contributed by atoms with Gasteiger partial charge in [0.2, 0.25) is 0 Å². The van der Waals surface area contributed by atoms with E-state index in [-0.39, 0.29) is 5.88 Å². The van der Waals surface area contributed by atoms with Crippen LogP contribution in [0.1, 0.15) is 5.56 Å². The van der Waals surface area contributed by atoms with Gasteiger partial charge in [-0.05, 0) is 11.6 Å². The van der Waals surface area contributed by atoms with E-state index in [1.54, 1.807) is 6.07 Å². The molecule has 0 radical (unpaired) electrons. The van der Waals surface area contributed by atoms with Crippen molar-refractivity contribution in [2.75, 3.05) is 23.7 Å². The molecule has 0 saturated carbocycles. The molecule has 2 aromatic rings. The first-order chi connectivity index (χ1) is 12.1. The molecule has 0 atom stereocenters. The standard InChI is InChI=1S/C15H18Br2N3O4P/c16-7-9-18-25(19-10-8-17)23-11-12-1-3-13(4-2-12)14-5-6-15(24-14)20(21)22/h1-6,18-19H,7-11H2. The second-order valence-electron chi connectivity index (χ2n) is 4.85. The summed E-state index contributed by atoms with van der Waals surface area (Å²) in [5, 5.41) is 19.0. The van der Waals surface area contributed by atoms with Gasteiger partial charge in [-0.3, -0.25) is 20.3 Å². The van der Waals surface area contributed by atoms with Crippen LogP contribution in [0.25, 0.3) is 11.3 Å². The Bertz CT molecular complexity index is 661. The lowest BCUT2D eigenvalue weighted by molar-refractivity contribution is -0.401. The van der Waals surface area contributed by atoms with Crippen LogP contribution in [-0.2, 0) is 11.1 Å². The van der Waals surface area contributed by atoms with Gasteiger partial charge >= 0.3 is 5.88 Å². The number of halogens is 2. The van der Waals surface area contributed by atoms with Crippen molar-refractivity contribution in [2.45, 2.75) is 6.61 Å². The Labute approximate surface area is 163 Å². The van der Waals surface area contributed by atoms with Crippen molar-refractivity contribution >= 4 is 46.2 Å². The Morgan fingerprint density at radius 3 is 2.24 bits per heavy atom. The lowest BCUT2D eigenvalue weighted by Crippen LogP contribution is -2.23. The van der Waals surface area contributed by atoms with Crippen molar-refractivity contribution < 1.29 is 13.9 Å². The fraction of sp³-hybridized carbons (Fsp3) is 0.333. The van der Waals surface area contributed by atoms with E-state index in [1.165, 1.54) is 6.07 Å². The van der Waals surface area contributed by atoms with Crippen molar-refractivity contribution in [3.05, 3.63) is 52.1 Å². The van der Waals surface area contributed by atoms with E-state index < -0.39 is 13.4 Å². The van der Waals surface area contributed by atoms with Crippen LogP contribution < -0.4 is 10.2 Å². The van der Waals surface area contributed by atoms with Crippen LogP contribution in [0.3, 0.4) is 0 Å². The van der Waals surface area contributed by atoms with Crippen LogP contribution in [0.2, 0.25) is 0 Å². The molecule has 1 aromatic heterocycles. The number of nitrogens with one attached hydrogen (secondary N) is 2. The molecular formula is C15H18Br2N3O4P. The zero-order valence-corrected chi connectivity index (χ0v) is 17.3. The molecule has 10 heteroatoms. The lowest BCUT2D eigenvalue weighted by atomic mass is 10.1. The molecular weight excluding hydrogens is 477 g/mol. The second kappa shape index (κ2) is 11.0. The van der Waals surface area contributed by atoms with Gasteiger partial charge in [-0.15, -0.1) is 0 Å². The summed E-state index contributed by atoms with van der Waals surface area (Å²) in [7, 11) is -0.905.